The highest BCUT2D eigenvalue weighted by Gasteiger charge is 2.15. The molecule has 0 saturated heterocycles. The quantitative estimate of drug-likeness (QED) is 0.205. The third kappa shape index (κ3) is 5.30. The number of nitrogens with two attached hydrogens (primary N) is 2. The minimum Gasteiger partial charge on any atom is -0.457 e. The van der Waals surface area contributed by atoms with Gasteiger partial charge in [-0.1, -0.05) is 30.4 Å². The fraction of sp³-hybridized carbons (Fsp3) is 0.0667. The maximum absolute atomic E-state index is 6.22. The molecular formula is C30H28N2O2. The molecule has 0 spiro atoms. The molecule has 0 aliphatic carbocycles. The summed E-state index contributed by atoms with van der Waals surface area (Å²) in [5.74, 6) is 3.04. The van der Waals surface area contributed by atoms with E-state index in [9.17, 15) is 0 Å². The van der Waals surface area contributed by atoms with Crippen LogP contribution in [0, 0.1) is 0 Å². The lowest BCUT2D eigenvalue weighted by Crippen LogP contribution is -2.00. The van der Waals surface area contributed by atoms with Gasteiger partial charge in [-0.2, -0.15) is 0 Å². The predicted molar refractivity (Wildman–Crippen MR) is 142 cm³/mol. The molecule has 4 nitrogen and oxygen atoms in total. The van der Waals surface area contributed by atoms with Gasteiger partial charge in [-0.15, -0.1) is 13.2 Å². The fourth-order valence-electron chi connectivity index (χ4n) is 3.82. The van der Waals surface area contributed by atoms with Crippen LogP contribution in [0.2, 0.25) is 0 Å². The largest absolute Gasteiger partial charge is 0.457 e. The van der Waals surface area contributed by atoms with E-state index in [1.54, 1.807) is 0 Å². The summed E-state index contributed by atoms with van der Waals surface area (Å²) >= 11 is 0. The zero-order valence-corrected chi connectivity index (χ0v) is 19.0. The number of benzene rings is 4. The first-order valence-corrected chi connectivity index (χ1v) is 11.1. The summed E-state index contributed by atoms with van der Waals surface area (Å²) in [6.45, 7) is 7.93. The Hall–Kier alpha value is -4.44. The molecule has 0 radical (unpaired) electrons. The summed E-state index contributed by atoms with van der Waals surface area (Å²) < 4.78 is 12.2. The van der Waals surface area contributed by atoms with Gasteiger partial charge in [0.05, 0.1) is 0 Å². The van der Waals surface area contributed by atoms with Gasteiger partial charge in [-0.05, 0) is 96.3 Å². The standard InChI is InChI=1S/C30H28N2O2/c1-3-5-28-27(21-7-13-24(14-8-21)33-25-15-9-22(31)10-16-25)19-20-30(29(28)6-4-2)34-26-17-11-23(32)12-18-26/h3-4,7-20H,1-2,5-6,31-32H2. The van der Waals surface area contributed by atoms with Gasteiger partial charge in [0.2, 0.25) is 0 Å². The Morgan fingerprint density at radius 2 is 1.03 bits per heavy atom. The smallest absolute Gasteiger partial charge is 0.131 e. The molecule has 0 atom stereocenters. The average Bonchev–Trinajstić information content (AvgIpc) is 2.85. The monoisotopic (exact) mass is 448 g/mol. The molecule has 4 N–H and O–H groups in total. The molecule has 0 heterocycles. The lowest BCUT2D eigenvalue weighted by molar-refractivity contribution is 0.477. The minimum absolute atomic E-state index is 0.680. The van der Waals surface area contributed by atoms with Crippen molar-refractivity contribution in [3.63, 3.8) is 0 Å². The van der Waals surface area contributed by atoms with E-state index in [0.29, 0.717) is 24.2 Å². The van der Waals surface area contributed by atoms with Gasteiger partial charge in [0.25, 0.3) is 0 Å². The van der Waals surface area contributed by atoms with Gasteiger partial charge in [0, 0.05) is 16.9 Å². The molecule has 0 aliphatic rings. The van der Waals surface area contributed by atoms with E-state index < -0.39 is 0 Å². The lowest BCUT2D eigenvalue weighted by Gasteiger charge is -2.18. The van der Waals surface area contributed by atoms with Gasteiger partial charge in [-0.3, -0.25) is 0 Å². The molecule has 4 aromatic carbocycles. The van der Waals surface area contributed by atoms with Crippen LogP contribution in [0.25, 0.3) is 11.1 Å². The second-order valence-electron chi connectivity index (χ2n) is 7.92. The lowest BCUT2D eigenvalue weighted by atomic mass is 9.91. The van der Waals surface area contributed by atoms with E-state index in [0.717, 1.165) is 45.3 Å². The van der Waals surface area contributed by atoms with E-state index in [2.05, 4.69) is 31.4 Å². The van der Waals surface area contributed by atoms with Crippen LogP contribution in [-0.2, 0) is 12.8 Å². The number of anilines is 2. The minimum atomic E-state index is 0.680. The van der Waals surface area contributed by atoms with Crippen LogP contribution in [0.4, 0.5) is 11.4 Å². The molecule has 0 amide bonds. The van der Waals surface area contributed by atoms with Crippen LogP contribution in [-0.4, -0.2) is 0 Å². The highest BCUT2D eigenvalue weighted by atomic mass is 16.5. The van der Waals surface area contributed by atoms with E-state index in [1.807, 2.05) is 78.9 Å². The van der Waals surface area contributed by atoms with Crippen molar-refractivity contribution >= 4 is 11.4 Å². The topological polar surface area (TPSA) is 70.5 Å². The zero-order chi connectivity index (χ0) is 23.9. The molecule has 170 valence electrons. The van der Waals surface area contributed by atoms with Crippen LogP contribution < -0.4 is 20.9 Å². The number of hydrogen-bond donors (Lipinski definition) is 2. The Labute approximate surface area is 200 Å². The summed E-state index contributed by atoms with van der Waals surface area (Å²) in [7, 11) is 0. The molecule has 4 aromatic rings. The zero-order valence-electron chi connectivity index (χ0n) is 19.0. The number of rotatable bonds is 9. The summed E-state index contributed by atoms with van der Waals surface area (Å²) in [6.07, 6.45) is 5.20. The summed E-state index contributed by atoms with van der Waals surface area (Å²) in [6, 6.07) is 26.9. The number of ether oxygens (including phenoxy) is 2. The Bertz CT molecular complexity index is 1280. The van der Waals surface area contributed by atoms with E-state index in [-0.39, 0.29) is 0 Å². The van der Waals surface area contributed by atoms with Crippen molar-refractivity contribution in [2.45, 2.75) is 12.8 Å². The highest BCUT2D eigenvalue weighted by Crippen LogP contribution is 2.37. The molecular weight excluding hydrogens is 420 g/mol. The summed E-state index contributed by atoms with van der Waals surface area (Å²) in [4.78, 5) is 0. The maximum atomic E-state index is 6.22. The Morgan fingerprint density at radius 3 is 1.56 bits per heavy atom. The molecule has 0 fully saturated rings. The van der Waals surface area contributed by atoms with Gasteiger partial charge >= 0.3 is 0 Å². The van der Waals surface area contributed by atoms with E-state index >= 15 is 0 Å². The van der Waals surface area contributed by atoms with Crippen LogP contribution in [0.15, 0.2) is 110 Å². The summed E-state index contributed by atoms with van der Waals surface area (Å²) in [5.41, 5.74) is 17.4. The van der Waals surface area contributed by atoms with Crippen molar-refractivity contribution < 1.29 is 9.47 Å². The second-order valence-corrected chi connectivity index (χ2v) is 7.92. The molecule has 0 aromatic heterocycles. The third-order valence-electron chi connectivity index (χ3n) is 5.47. The Balaban J connectivity index is 1.67. The summed E-state index contributed by atoms with van der Waals surface area (Å²) in [5, 5.41) is 0. The molecule has 34 heavy (non-hydrogen) atoms. The third-order valence-corrected chi connectivity index (χ3v) is 5.47. The van der Waals surface area contributed by atoms with Gasteiger partial charge in [0.1, 0.15) is 23.0 Å². The molecule has 0 bridgehead atoms. The van der Waals surface area contributed by atoms with Crippen LogP contribution >= 0.6 is 0 Å². The molecule has 0 saturated carbocycles. The van der Waals surface area contributed by atoms with Crippen LogP contribution in [0.1, 0.15) is 11.1 Å². The normalized spacial score (nSPS) is 10.5. The highest BCUT2D eigenvalue weighted by molar-refractivity contribution is 5.72. The van der Waals surface area contributed by atoms with Crippen molar-refractivity contribution in [3.8, 4) is 34.1 Å². The van der Waals surface area contributed by atoms with Crippen molar-refractivity contribution in [2.75, 3.05) is 11.5 Å². The SMILES string of the molecule is C=CCc1c(Oc2ccc(N)cc2)ccc(-c2ccc(Oc3ccc(N)cc3)cc2)c1CC=C. The second kappa shape index (κ2) is 10.5. The Kier molecular flexibility index (Phi) is 6.99. The van der Waals surface area contributed by atoms with Crippen molar-refractivity contribution in [3.05, 3.63) is 121 Å². The van der Waals surface area contributed by atoms with Crippen molar-refractivity contribution in [1.82, 2.24) is 0 Å². The maximum Gasteiger partial charge on any atom is 0.131 e. The van der Waals surface area contributed by atoms with Crippen molar-refractivity contribution in [1.29, 1.82) is 0 Å². The number of nitrogen functional groups attached to an aromatic ring is 2. The van der Waals surface area contributed by atoms with Crippen LogP contribution in [0.5, 0.6) is 23.0 Å². The van der Waals surface area contributed by atoms with E-state index in [4.69, 9.17) is 20.9 Å². The molecule has 0 aliphatic heterocycles. The Morgan fingerprint density at radius 1 is 0.559 bits per heavy atom. The van der Waals surface area contributed by atoms with Gasteiger partial charge in [-0.25, -0.2) is 0 Å². The average molecular weight is 449 g/mol. The predicted octanol–water partition coefficient (Wildman–Crippen LogP) is 7.56. The van der Waals surface area contributed by atoms with Crippen LogP contribution in [0.3, 0.4) is 0 Å². The first-order valence-electron chi connectivity index (χ1n) is 11.1. The van der Waals surface area contributed by atoms with E-state index in [1.165, 1.54) is 0 Å². The first kappa shape index (κ1) is 22.7. The number of hydrogen-bond acceptors (Lipinski definition) is 4. The number of allylic oxidation sites excluding steroid dienone is 2. The molecule has 4 heteroatoms. The fourth-order valence-corrected chi connectivity index (χ4v) is 3.82. The molecule has 4 rings (SSSR count). The van der Waals surface area contributed by atoms with Crippen molar-refractivity contribution in [2.24, 2.45) is 0 Å². The van der Waals surface area contributed by atoms with Gasteiger partial charge in [0.15, 0.2) is 0 Å². The first-order chi connectivity index (χ1) is 16.6. The van der Waals surface area contributed by atoms with Gasteiger partial charge < -0.3 is 20.9 Å². The molecule has 0 unspecified atom stereocenters.